The molecule has 0 bridgehead atoms. The van der Waals surface area contributed by atoms with Crippen molar-refractivity contribution in [2.75, 3.05) is 7.11 Å². The zero-order valence-electron chi connectivity index (χ0n) is 8.17. The molecule has 0 spiro atoms. The molecule has 0 aliphatic rings. The van der Waals surface area contributed by atoms with Crippen LogP contribution in [0.2, 0.25) is 4.34 Å². The highest BCUT2D eigenvalue weighted by molar-refractivity contribution is 9.10. The molecule has 2 heterocycles. The lowest BCUT2D eigenvalue weighted by molar-refractivity contribution is 0.416. The minimum atomic E-state index is -0.164. The van der Waals surface area contributed by atoms with E-state index in [9.17, 15) is 0 Å². The van der Waals surface area contributed by atoms with Crippen LogP contribution >= 0.6 is 61.8 Å². The summed E-state index contributed by atoms with van der Waals surface area (Å²) in [4.78, 5) is 2.09. The van der Waals surface area contributed by atoms with Crippen molar-refractivity contribution in [2.24, 2.45) is 0 Å². The van der Waals surface area contributed by atoms with Crippen LogP contribution in [0.15, 0.2) is 22.0 Å². The largest absolute Gasteiger partial charge is 0.496 e. The van der Waals surface area contributed by atoms with Gasteiger partial charge in [-0.3, -0.25) is 0 Å². The summed E-state index contributed by atoms with van der Waals surface area (Å²) in [5, 5.41) is 1.78. The summed E-state index contributed by atoms with van der Waals surface area (Å²) in [6.45, 7) is 0. The van der Waals surface area contributed by atoms with Gasteiger partial charge in [0.2, 0.25) is 0 Å². The van der Waals surface area contributed by atoms with Gasteiger partial charge in [-0.25, -0.2) is 0 Å². The van der Waals surface area contributed by atoms with Crippen molar-refractivity contribution in [1.29, 1.82) is 0 Å². The van der Waals surface area contributed by atoms with Crippen molar-refractivity contribution in [3.8, 4) is 5.75 Å². The maximum Gasteiger partial charge on any atom is 0.129 e. The Bertz CT molecular complexity index is 475. The van der Waals surface area contributed by atoms with E-state index < -0.39 is 0 Å². The highest BCUT2D eigenvalue weighted by Crippen LogP contribution is 2.42. The molecule has 0 N–H and O–H groups in total. The van der Waals surface area contributed by atoms with E-state index in [4.69, 9.17) is 27.9 Å². The third kappa shape index (κ3) is 2.57. The van der Waals surface area contributed by atoms with Gasteiger partial charge in [0, 0.05) is 19.6 Å². The molecule has 0 radical (unpaired) electrons. The van der Waals surface area contributed by atoms with E-state index in [1.54, 1.807) is 18.4 Å². The van der Waals surface area contributed by atoms with Gasteiger partial charge < -0.3 is 4.74 Å². The van der Waals surface area contributed by atoms with E-state index in [-0.39, 0.29) is 5.38 Å². The molecule has 0 aliphatic heterocycles. The van der Waals surface area contributed by atoms with Crippen molar-refractivity contribution in [2.45, 2.75) is 5.38 Å². The summed E-state index contributed by atoms with van der Waals surface area (Å²) >= 11 is 18.8. The summed E-state index contributed by atoms with van der Waals surface area (Å²) in [6, 6.07) is 3.90. The molecule has 2 aromatic heterocycles. The molecule has 0 saturated heterocycles. The summed E-state index contributed by atoms with van der Waals surface area (Å²) in [5.41, 5.74) is 0. The van der Waals surface area contributed by atoms with Gasteiger partial charge in [-0.2, -0.15) is 0 Å². The molecular weight excluding hydrogens is 351 g/mol. The van der Waals surface area contributed by atoms with Gasteiger partial charge in [0.25, 0.3) is 0 Å². The Morgan fingerprint density at radius 3 is 2.62 bits per heavy atom. The minimum absolute atomic E-state index is 0.164. The first kappa shape index (κ1) is 12.7. The highest BCUT2D eigenvalue weighted by Gasteiger charge is 2.17. The van der Waals surface area contributed by atoms with E-state index in [0.717, 1.165) is 24.3 Å². The molecule has 86 valence electrons. The van der Waals surface area contributed by atoms with Crippen LogP contribution in [0.3, 0.4) is 0 Å². The molecule has 0 amide bonds. The molecule has 16 heavy (non-hydrogen) atoms. The van der Waals surface area contributed by atoms with Crippen LogP contribution in [-0.2, 0) is 0 Å². The second-order valence-corrected chi connectivity index (χ2v) is 6.94. The Morgan fingerprint density at radius 1 is 1.38 bits per heavy atom. The van der Waals surface area contributed by atoms with Crippen molar-refractivity contribution >= 4 is 61.8 Å². The fourth-order valence-electron chi connectivity index (χ4n) is 1.20. The van der Waals surface area contributed by atoms with E-state index in [1.165, 1.54) is 11.3 Å². The van der Waals surface area contributed by atoms with Gasteiger partial charge in [0.05, 0.1) is 7.11 Å². The normalized spacial score (nSPS) is 12.8. The van der Waals surface area contributed by atoms with Gasteiger partial charge >= 0.3 is 0 Å². The van der Waals surface area contributed by atoms with E-state index in [1.807, 2.05) is 17.5 Å². The van der Waals surface area contributed by atoms with Gasteiger partial charge in [0.1, 0.15) is 15.5 Å². The van der Waals surface area contributed by atoms with Crippen LogP contribution in [0.5, 0.6) is 5.75 Å². The van der Waals surface area contributed by atoms with Crippen LogP contribution < -0.4 is 4.74 Å². The molecule has 2 aromatic rings. The number of methoxy groups -OCH3 is 1. The molecule has 0 saturated carbocycles. The first-order valence-electron chi connectivity index (χ1n) is 4.33. The number of rotatable bonds is 3. The van der Waals surface area contributed by atoms with Crippen molar-refractivity contribution in [3.63, 3.8) is 0 Å². The Labute approximate surface area is 120 Å². The quantitative estimate of drug-likeness (QED) is 0.653. The molecule has 6 heteroatoms. The zero-order valence-corrected chi connectivity index (χ0v) is 12.9. The monoisotopic (exact) mass is 356 g/mol. The Kier molecular flexibility index (Phi) is 4.19. The fourth-order valence-corrected chi connectivity index (χ4v) is 4.27. The van der Waals surface area contributed by atoms with Gasteiger partial charge in [0.15, 0.2) is 0 Å². The van der Waals surface area contributed by atoms with Gasteiger partial charge in [-0.05, 0) is 28.1 Å². The van der Waals surface area contributed by atoms with Crippen molar-refractivity contribution in [1.82, 2.24) is 0 Å². The van der Waals surface area contributed by atoms with Crippen LogP contribution in [0.25, 0.3) is 0 Å². The summed E-state index contributed by atoms with van der Waals surface area (Å²) in [6.07, 6.45) is 0. The zero-order chi connectivity index (χ0) is 11.7. The van der Waals surface area contributed by atoms with E-state index >= 15 is 0 Å². The maximum absolute atomic E-state index is 6.37. The highest BCUT2D eigenvalue weighted by atomic mass is 79.9. The molecule has 0 aromatic carbocycles. The first-order chi connectivity index (χ1) is 7.61. The second-order valence-electron chi connectivity index (χ2n) is 3.02. The average Bonchev–Trinajstić information content (AvgIpc) is 2.86. The molecule has 1 atom stereocenters. The Hall–Kier alpha value is 0.260. The average molecular weight is 358 g/mol. The SMILES string of the molecule is COc1csc(C(Cl)c2cc(Br)c(Cl)s2)c1. The van der Waals surface area contributed by atoms with E-state index in [0.29, 0.717) is 0 Å². The molecular formula is C10H7BrCl2OS2. The van der Waals surface area contributed by atoms with Crippen LogP contribution in [-0.4, -0.2) is 7.11 Å². The number of hydrogen-bond acceptors (Lipinski definition) is 3. The van der Waals surface area contributed by atoms with E-state index in [2.05, 4.69) is 15.9 Å². The summed E-state index contributed by atoms with van der Waals surface area (Å²) in [7, 11) is 1.65. The number of ether oxygens (including phenoxy) is 1. The fraction of sp³-hybridized carbons (Fsp3) is 0.200. The topological polar surface area (TPSA) is 9.23 Å². The third-order valence-electron chi connectivity index (χ3n) is 2.00. The molecule has 2 rings (SSSR count). The smallest absolute Gasteiger partial charge is 0.129 e. The molecule has 0 aliphatic carbocycles. The molecule has 0 fully saturated rings. The Morgan fingerprint density at radius 2 is 2.12 bits per heavy atom. The lowest BCUT2D eigenvalue weighted by atomic mass is 10.3. The number of alkyl halides is 1. The number of halogens is 3. The van der Waals surface area contributed by atoms with Crippen molar-refractivity contribution < 1.29 is 4.74 Å². The standard InChI is InChI=1S/C10H7BrCl2OS2/c1-14-5-2-7(15-4-5)9(12)8-3-6(11)10(13)16-8/h2-4,9H,1H3. The predicted octanol–water partition coefficient (Wildman–Crippen LogP) is 5.56. The number of thiophene rings is 2. The first-order valence-corrected chi connectivity index (χ1v) is 7.63. The van der Waals surface area contributed by atoms with Gasteiger partial charge in [-0.1, -0.05) is 11.6 Å². The summed E-state index contributed by atoms with van der Waals surface area (Å²) in [5.74, 6) is 0.840. The van der Waals surface area contributed by atoms with Crippen LogP contribution in [0.4, 0.5) is 0 Å². The second kappa shape index (κ2) is 5.27. The predicted molar refractivity (Wildman–Crippen MR) is 75.6 cm³/mol. The Balaban J connectivity index is 2.27. The van der Waals surface area contributed by atoms with Crippen LogP contribution in [0.1, 0.15) is 15.1 Å². The molecule has 1 unspecified atom stereocenters. The molecule has 1 nitrogen and oxygen atoms in total. The lowest BCUT2D eigenvalue weighted by Gasteiger charge is -2.02. The summed E-state index contributed by atoms with van der Waals surface area (Å²) < 4.78 is 6.75. The van der Waals surface area contributed by atoms with Gasteiger partial charge in [-0.15, -0.1) is 34.3 Å². The van der Waals surface area contributed by atoms with Crippen LogP contribution in [0, 0.1) is 0 Å². The third-order valence-corrected chi connectivity index (χ3v) is 6.24. The maximum atomic E-state index is 6.37. The number of hydrogen-bond donors (Lipinski definition) is 0. The lowest BCUT2D eigenvalue weighted by Crippen LogP contribution is -1.85. The van der Waals surface area contributed by atoms with Crippen molar-refractivity contribution in [3.05, 3.63) is 36.1 Å². The minimum Gasteiger partial charge on any atom is -0.496 e.